The molecular formula is C18H37FN2O6. The van der Waals surface area contributed by atoms with Gasteiger partial charge >= 0.3 is 0 Å². The van der Waals surface area contributed by atoms with Crippen molar-refractivity contribution in [3.8, 4) is 0 Å². The van der Waals surface area contributed by atoms with Crippen LogP contribution in [0.3, 0.4) is 0 Å². The molecule has 0 aliphatic rings. The third-order valence-corrected chi connectivity index (χ3v) is 3.16. The van der Waals surface area contributed by atoms with Crippen molar-refractivity contribution in [1.82, 2.24) is 10.6 Å². The standard InChI is InChI=1S/C18H37FN2O6/c1-16(2)20-4-5-23-6-7-24-8-9-25-10-11-26-12-13-27-15-18(19)14-21-17(3)22/h16,18,20H,4-15H2,1-3H3,(H,21,22). The van der Waals surface area contributed by atoms with E-state index in [0.29, 0.717) is 65.5 Å². The highest BCUT2D eigenvalue weighted by Gasteiger charge is 2.06. The van der Waals surface area contributed by atoms with E-state index in [4.69, 9.17) is 23.7 Å². The Bertz CT molecular complexity index is 337. The molecule has 0 aromatic rings. The van der Waals surface area contributed by atoms with Crippen molar-refractivity contribution in [2.45, 2.75) is 33.0 Å². The summed E-state index contributed by atoms with van der Waals surface area (Å²) < 4.78 is 39.8. The topological polar surface area (TPSA) is 87.3 Å². The summed E-state index contributed by atoms with van der Waals surface area (Å²) in [7, 11) is 0. The van der Waals surface area contributed by atoms with E-state index < -0.39 is 6.17 Å². The smallest absolute Gasteiger partial charge is 0.216 e. The van der Waals surface area contributed by atoms with Crippen LogP contribution < -0.4 is 10.6 Å². The SMILES string of the molecule is CC(=O)NCC(F)COCCOCCOCCOCCOCCNC(C)C. The lowest BCUT2D eigenvalue weighted by Crippen LogP contribution is -2.30. The average Bonchev–Trinajstić information content (AvgIpc) is 2.62. The van der Waals surface area contributed by atoms with Gasteiger partial charge in [0.1, 0.15) is 6.17 Å². The van der Waals surface area contributed by atoms with Crippen LogP contribution in [0.4, 0.5) is 4.39 Å². The zero-order valence-electron chi connectivity index (χ0n) is 17.0. The predicted octanol–water partition coefficient (Wildman–Crippen LogP) is 0.542. The van der Waals surface area contributed by atoms with Crippen molar-refractivity contribution in [2.75, 3.05) is 79.2 Å². The summed E-state index contributed by atoms with van der Waals surface area (Å²) in [6.07, 6.45) is -1.21. The van der Waals surface area contributed by atoms with Gasteiger partial charge in [0.2, 0.25) is 5.91 Å². The van der Waals surface area contributed by atoms with Gasteiger partial charge in [-0.3, -0.25) is 4.79 Å². The summed E-state index contributed by atoms with van der Waals surface area (Å²) in [5, 5.41) is 5.66. The number of hydrogen-bond acceptors (Lipinski definition) is 7. The Morgan fingerprint density at radius 1 is 0.815 bits per heavy atom. The van der Waals surface area contributed by atoms with Crippen LogP contribution in [0.2, 0.25) is 0 Å². The summed E-state index contributed by atoms with van der Waals surface area (Å²) in [6, 6.07) is 0.474. The molecule has 2 N–H and O–H groups in total. The van der Waals surface area contributed by atoms with Crippen molar-refractivity contribution in [3.63, 3.8) is 0 Å². The summed E-state index contributed by atoms with van der Waals surface area (Å²) >= 11 is 0. The number of carbonyl (C=O) groups excluding carboxylic acids is 1. The van der Waals surface area contributed by atoms with Gasteiger partial charge in [0.05, 0.1) is 72.6 Å². The number of amides is 1. The van der Waals surface area contributed by atoms with E-state index in [1.165, 1.54) is 6.92 Å². The fourth-order valence-electron chi connectivity index (χ4n) is 1.82. The minimum absolute atomic E-state index is 0.0342. The molecule has 1 unspecified atom stereocenters. The lowest BCUT2D eigenvalue weighted by Gasteiger charge is -2.10. The number of hydrogen-bond donors (Lipinski definition) is 2. The highest BCUT2D eigenvalue weighted by atomic mass is 19.1. The first kappa shape index (κ1) is 26.2. The highest BCUT2D eigenvalue weighted by molar-refractivity contribution is 5.72. The van der Waals surface area contributed by atoms with Crippen LogP contribution in [0.25, 0.3) is 0 Å². The van der Waals surface area contributed by atoms with Gasteiger partial charge in [0, 0.05) is 19.5 Å². The number of nitrogens with one attached hydrogen (secondary N) is 2. The number of halogens is 1. The Morgan fingerprint density at radius 2 is 1.26 bits per heavy atom. The minimum Gasteiger partial charge on any atom is -0.378 e. The third-order valence-electron chi connectivity index (χ3n) is 3.16. The molecule has 0 aliphatic heterocycles. The third kappa shape index (κ3) is 23.1. The van der Waals surface area contributed by atoms with E-state index in [0.717, 1.165) is 6.54 Å². The Morgan fingerprint density at radius 3 is 1.70 bits per heavy atom. The van der Waals surface area contributed by atoms with Crippen molar-refractivity contribution < 1.29 is 32.9 Å². The first-order valence-corrected chi connectivity index (χ1v) is 9.53. The molecule has 0 fully saturated rings. The van der Waals surface area contributed by atoms with E-state index in [9.17, 15) is 9.18 Å². The van der Waals surface area contributed by atoms with Crippen molar-refractivity contribution in [1.29, 1.82) is 0 Å². The molecule has 0 saturated heterocycles. The van der Waals surface area contributed by atoms with Crippen LogP contribution in [0.5, 0.6) is 0 Å². The Kier molecular flexibility index (Phi) is 19.3. The summed E-state index contributed by atoms with van der Waals surface area (Å²) in [5.41, 5.74) is 0. The molecule has 0 aliphatic carbocycles. The molecule has 1 atom stereocenters. The normalized spacial score (nSPS) is 12.5. The maximum Gasteiger partial charge on any atom is 0.216 e. The minimum atomic E-state index is -1.21. The lowest BCUT2D eigenvalue weighted by molar-refractivity contribution is -0.119. The van der Waals surface area contributed by atoms with Crippen LogP contribution in [0, 0.1) is 0 Å². The molecule has 0 heterocycles. The number of alkyl halides is 1. The predicted molar refractivity (Wildman–Crippen MR) is 101 cm³/mol. The molecule has 0 aromatic heterocycles. The average molecular weight is 397 g/mol. The first-order chi connectivity index (χ1) is 13.0. The van der Waals surface area contributed by atoms with Gasteiger partial charge in [-0.25, -0.2) is 4.39 Å². The molecule has 0 saturated carbocycles. The van der Waals surface area contributed by atoms with Gasteiger partial charge in [-0.15, -0.1) is 0 Å². The quantitative estimate of drug-likeness (QED) is 0.291. The van der Waals surface area contributed by atoms with Crippen LogP contribution >= 0.6 is 0 Å². The van der Waals surface area contributed by atoms with Crippen molar-refractivity contribution in [3.05, 3.63) is 0 Å². The van der Waals surface area contributed by atoms with E-state index in [-0.39, 0.29) is 19.1 Å². The van der Waals surface area contributed by atoms with Gasteiger partial charge in [-0.2, -0.15) is 0 Å². The van der Waals surface area contributed by atoms with E-state index in [1.54, 1.807) is 0 Å². The van der Waals surface area contributed by atoms with Gasteiger partial charge in [-0.05, 0) is 0 Å². The summed E-state index contributed by atoms with van der Waals surface area (Å²) in [5.74, 6) is -0.255. The van der Waals surface area contributed by atoms with Crippen LogP contribution in [-0.4, -0.2) is 97.3 Å². The largest absolute Gasteiger partial charge is 0.378 e. The second-order valence-electron chi connectivity index (χ2n) is 6.17. The van der Waals surface area contributed by atoms with Crippen molar-refractivity contribution in [2.24, 2.45) is 0 Å². The van der Waals surface area contributed by atoms with Gasteiger partial charge in [0.15, 0.2) is 0 Å². The summed E-state index contributed by atoms with van der Waals surface area (Å²) in [4.78, 5) is 10.6. The molecule has 0 aromatic carbocycles. The molecule has 162 valence electrons. The van der Waals surface area contributed by atoms with E-state index in [2.05, 4.69) is 24.5 Å². The Balaban J connectivity index is 3.10. The molecule has 0 radical (unpaired) electrons. The second kappa shape index (κ2) is 19.9. The Hall–Kier alpha value is -0.840. The lowest BCUT2D eigenvalue weighted by atomic mass is 10.4. The van der Waals surface area contributed by atoms with Crippen LogP contribution in [-0.2, 0) is 28.5 Å². The number of rotatable bonds is 20. The van der Waals surface area contributed by atoms with Gasteiger partial charge < -0.3 is 34.3 Å². The molecule has 0 rings (SSSR count). The molecular weight excluding hydrogens is 359 g/mol. The van der Waals surface area contributed by atoms with Crippen molar-refractivity contribution >= 4 is 5.91 Å². The molecule has 9 heteroatoms. The zero-order chi connectivity index (χ0) is 20.2. The van der Waals surface area contributed by atoms with Gasteiger partial charge in [-0.1, -0.05) is 13.8 Å². The maximum atomic E-state index is 13.2. The number of ether oxygens (including phenoxy) is 5. The molecule has 8 nitrogen and oxygen atoms in total. The monoisotopic (exact) mass is 396 g/mol. The molecule has 1 amide bonds. The maximum absolute atomic E-state index is 13.2. The summed E-state index contributed by atoms with van der Waals surface area (Å²) in [6.45, 7) is 10.7. The number of carbonyl (C=O) groups is 1. The molecule has 27 heavy (non-hydrogen) atoms. The van der Waals surface area contributed by atoms with E-state index >= 15 is 0 Å². The zero-order valence-corrected chi connectivity index (χ0v) is 17.0. The fourth-order valence-corrected chi connectivity index (χ4v) is 1.82. The molecule has 0 bridgehead atoms. The first-order valence-electron chi connectivity index (χ1n) is 9.53. The van der Waals surface area contributed by atoms with Crippen LogP contribution in [0.1, 0.15) is 20.8 Å². The second-order valence-corrected chi connectivity index (χ2v) is 6.17. The van der Waals surface area contributed by atoms with E-state index in [1.807, 2.05) is 0 Å². The molecule has 0 spiro atoms. The van der Waals surface area contributed by atoms with Gasteiger partial charge in [0.25, 0.3) is 0 Å². The fraction of sp³-hybridized carbons (Fsp3) is 0.944. The Labute approximate surface area is 162 Å². The highest BCUT2D eigenvalue weighted by Crippen LogP contribution is 1.91. The van der Waals surface area contributed by atoms with Crippen LogP contribution in [0.15, 0.2) is 0 Å².